The lowest BCUT2D eigenvalue weighted by Gasteiger charge is -2.06. The molecule has 0 aliphatic carbocycles. The molecule has 0 atom stereocenters. The van der Waals surface area contributed by atoms with Gasteiger partial charge in [0.15, 0.2) is 0 Å². The fourth-order valence-corrected chi connectivity index (χ4v) is 1.24. The van der Waals surface area contributed by atoms with E-state index < -0.39 is 0 Å². The minimum Gasteiger partial charge on any atom is -0.326 e. The number of aryl methyl sites for hydroxylation is 1. The zero-order valence-corrected chi connectivity index (χ0v) is 7.50. The smallest absolute Gasteiger partial charge is 0.254 e. The molecule has 3 nitrogen and oxygen atoms in total. The molecule has 0 fully saturated rings. The summed E-state index contributed by atoms with van der Waals surface area (Å²) < 4.78 is 1.65. The first-order chi connectivity index (χ1) is 5.70. The van der Waals surface area contributed by atoms with E-state index in [1.165, 1.54) is 0 Å². The van der Waals surface area contributed by atoms with Gasteiger partial charge in [-0.2, -0.15) is 0 Å². The SMILES string of the molecule is CCc1ccc(CN)c(=O)n1C. The molecule has 0 bridgehead atoms. The second kappa shape index (κ2) is 3.54. The van der Waals surface area contributed by atoms with Crippen LogP contribution in [0.2, 0.25) is 0 Å². The van der Waals surface area contributed by atoms with Gasteiger partial charge in [0.2, 0.25) is 0 Å². The molecule has 1 aromatic heterocycles. The highest BCUT2D eigenvalue weighted by molar-refractivity contribution is 5.15. The van der Waals surface area contributed by atoms with Crippen LogP contribution < -0.4 is 11.3 Å². The number of rotatable bonds is 2. The van der Waals surface area contributed by atoms with Crippen molar-refractivity contribution in [3.8, 4) is 0 Å². The molecular weight excluding hydrogens is 152 g/mol. The van der Waals surface area contributed by atoms with Gasteiger partial charge in [-0.3, -0.25) is 4.79 Å². The summed E-state index contributed by atoms with van der Waals surface area (Å²) in [6, 6.07) is 3.75. The average Bonchev–Trinajstić information content (AvgIpc) is 2.10. The lowest BCUT2D eigenvalue weighted by atomic mass is 10.2. The molecule has 0 unspecified atom stereocenters. The van der Waals surface area contributed by atoms with Gasteiger partial charge in [-0.05, 0) is 12.5 Å². The van der Waals surface area contributed by atoms with Gasteiger partial charge in [-0.1, -0.05) is 13.0 Å². The van der Waals surface area contributed by atoms with Crippen molar-refractivity contribution in [2.24, 2.45) is 12.8 Å². The monoisotopic (exact) mass is 166 g/mol. The molecule has 1 heterocycles. The number of aromatic nitrogens is 1. The van der Waals surface area contributed by atoms with E-state index in [1.807, 2.05) is 13.0 Å². The Morgan fingerprint density at radius 1 is 1.50 bits per heavy atom. The third kappa shape index (κ3) is 1.41. The van der Waals surface area contributed by atoms with Crippen LogP contribution in [0.5, 0.6) is 0 Å². The number of hydrogen-bond donors (Lipinski definition) is 1. The lowest BCUT2D eigenvalue weighted by Crippen LogP contribution is -2.25. The van der Waals surface area contributed by atoms with E-state index in [0.717, 1.165) is 12.1 Å². The van der Waals surface area contributed by atoms with Gasteiger partial charge in [-0.25, -0.2) is 0 Å². The van der Waals surface area contributed by atoms with Crippen molar-refractivity contribution >= 4 is 0 Å². The predicted octanol–water partition coefficient (Wildman–Crippen LogP) is 0.406. The molecule has 0 radical (unpaired) electrons. The van der Waals surface area contributed by atoms with Crippen molar-refractivity contribution in [1.82, 2.24) is 4.57 Å². The summed E-state index contributed by atoms with van der Waals surface area (Å²) in [6.45, 7) is 2.34. The minimum absolute atomic E-state index is 0.0249. The van der Waals surface area contributed by atoms with Crippen LogP contribution in [0.25, 0.3) is 0 Å². The molecule has 0 aliphatic heterocycles. The Morgan fingerprint density at radius 2 is 2.17 bits per heavy atom. The van der Waals surface area contributed by atoms with Gasteiger partial charge < -0.3 is 10.3 Å². The third-order valence-corrected chi connectivity index (χ3v) is 2.07. The van der Waals surface area contributed by atoms with Crippen molar-refractivity contribution in [2.75, 3.05) is 0 Å². The first-order valence-electron chi connectivity index (χ1n) is 4.08. The summed E-state index contributed by atoms with van der Waals surface area (Å²) in [4.78, 5) is 11.5. The first kappa shape index (κ1) is 9.00. The van der Waals surface area contributed by atoms with Gasteiger partial charge in [0.1, 0.15) is 0 Å². The summed E-state index contributed by atoms with van der Waals surface area (Å²) >= 11 is 0. The van der Waals surface area contributed by atoms with E-state index >= 15 is 0 Å². The van der Waals surface area contributed by atoms with E-state index in [1.54, 1.807) is 17.7 Å². The van der Waals surface area contributed by atoms with Crippen molar-refractivity contribution < 1.29 is 0 Å². The van der Waals surface area contributed by atoms with E-state index in [2.05, 4.69) is 0 Å². The Bertz CT molecular complexity index is 328. The topological polar surface area (TPSA) is 48.0 Å². The molecule has 2 N–H and O–H groups in total. The van der Waals surface area contributed by atoms with E-state index in [4.69, 9.17) is 5.73 Å². The van der Waals surface area contributed by atoms with Crippen LogP contribution in [0, 0.1) is 0 Å². The molecule has 12 heavy (non-hydrogen) atoms. The maximum absolute atomic E-state index is 11.5. The van der Waals surface area contributed by atoms with E-state index in [9.17, 15) is 4.79 Å². The predicted molar refractivity (Wildman–Crippen MR) is 49.0 cm³/mol. The molecule has 0 saturated heterocycles. The molecule has 0 spiro atoms. The highest BCUT2D eigenvalue weighted by atomic mass is 16.1. The highest BCUT2D eigenvalue weighted by Gasteiger charge is 2.01. The van der Waals surface area contributed by atoms with Gasteiger partial charge in [0.05, 0.1) is 0 Å². The molecule has 3 heteroatoms. The molecule has 66 valence electrons. The number of hydrogen-bond acceptors (Lipinski definition) is 2. The maximum Gasteiger partial charge on any atom is 0.254 e. The number of nitrogens with zero attached hydrogens (tertiary/aromatic N) is 1. The fourth-order valence-electron chi connectivity index (χ4n) is 1.24. The van der Waals surface area contributed by atoms with Crippen molar-refractivity contribution in [3.05, 3.63) is 33.7 Å². The van der Waals surface area contributed by atoms with Crippen molar-refractivity contribution in [3.63, 3.8) is 0 Å². The van der Waals surface area contributed by atoms with Crippen LogP contribution in [0.4, 0.5) is 0 Å². The van der Waals surface area contributed by atoms with Gasteiger partial charge in [-0.15, -0.1) is 0 Å². The Kier molecular flexibility index (Phi) is 2.65. The van der Waals surface area contributed by atoms with Gasteiger partial charge >= 0.3 is 0 Å². The van der Waals surface area contributed by atoms with Crippen LogP contribution in [0.15, 0.2) is 16.9 Å². The first-order valence-corrected chi connectivity index (χ1v) is 4.08. The van der Waals surface area contributed by atoms with E-state index in [-0.39, 0.29) is 5.56 Å². The normalized spacial score (nSPS) is 10.2. The maximum atomic E-state index is 11.5. The van der Waals surface area contributed by atoms with Crippen LogP contribution in [-0.2, 0) is 20.0 Å². The zero-order chi connectivity index (χ0) is 9.14. The molecule has 1 rings (SSSR count). The molecule has 0 saturated carbocycles. The van der Waals surface area contributed by atoms with Crippen LogP contribution >= 0.6 is 0 Å². The number of pyridine rings is 1. The van der Waals surface area contributed by atoms with E-state index in [0.29, 0.717) is 12.1 Å². The fraction of sp³-hybridized carbons (Fsp3) is 0.444. The minimum atomic E-state index is 0.0249. The molecule has 0 amide bonds. The zero-order valence-electron chi connectivity index (χ0n) is 7.50. The summed E-state index contributed by atoms with van der Waals surface area (Å²) in [5.74, 6) is 0. The Morgan fingerprint density at radius 3 is 2.67 bits per heavy atom. The highest BCUT2D eigenvalue weighted by Crippen LogP contribution is 1.97. The quantitative estimate of drug-likeness (QED) is 0.691. The van der Waals surface area contributed by atoms with Crippen LogP contribution in [0.3, 0.4) is 0 Å². The summed E-state index contributed by atoms with van der Waals surface area (Å²) in [7, 11) is 1.78. The van der Waals surface area contributed by atoms with Crippen LogP contribution in [-0.4, -0.2) is 4.57 Å². The van der Waals surface area contributed by atoms with Gasteiger partial charge in [0.25, 0.3) is 5.56 Å². The molecular formula is C9H14N2O. The summed E-state index contributed by atoms with van der Waals surface area (Å²) in [5, 5.41) is 0. The summed E-state index contributed by atoms with van der Waals surface area (Å²) in [6.07, 6.45) is 0.872. The van der Waals surface area contributed by atoms with Crippen LogP contribution in [0.1, 0.15) is 18.2 Å². The summed E-state index contributed by atoms with van der Waals surface area (Å²) in [5.41, 5.74) is 7.14. The lowest BCUT2D eigenvalue weighted by molar-refractivity contribution is 0.764. The number of nitrogens with two attached hydrogens (primary N) is 1. The second-order valence-electron chi connectivity index (χ2n) is 2.77. The third-order valence-electron chi connectivity index (χ3n) is 2.07. The average molecular weight is 166 g/mol. The Balaban J connectivity index is 3.30. The Hall–Kier alpha value is -1.09. The second-order valence-corrected chi connectivity index (χ2v) is 2.77. The van der Waals surface area contributed by atoms with Crippen molar-refractivity contribution in [1.29, 1.82) is 0 Å². The molecule has 0 aromatic carbocycles. The molecule has 1 aromatic rings. The van der Waals surface area contributed by atoms with Gasteiger partial charge in [0, 0.05) is 24.8 Å². The Labute approximate surface area is 71.8 Å². The molecule has 0 aliphatic rings. The largest absolute Gasteiger partial charge is 0.326 e. The van der Waals surface area contributed by atoms with Crippen molar-refractivity contribution in [2.45, 2.75) is 19.9 Å². The standard InChI is InChI=1S/C9H14N2O/c1-3-8-5-4-7(6-10)9(12)11(8)2/h4-5H,3,6,10H2,1-2H3.